The van der Waals surface area contributed by atoms with Gasteiger partial charge in [0.2, 0.25) is 5.91 Å². The molecule has 0 aliphatic heterocycles. The zero-order valence-corrected chi connectivity index (χ0v) is 15.5. The standard InChI is InChI=1S/C22H21N3O3/c1-28-20-10-3-2-7-17(20)13-21(26)24-14-16-6-4-9-19(12-16)25-22(27)18-8-5-11-23-15-18/h2-12,15H,13-14H2,1H3,(H,24,26)(H,25,27). The monoisotopic (exact) mass is 375 g/mol. The molecule has 2 N–H and O–H groups in total. The van der Waals surface area contributed by atoms with Crippen LogP contribution in [0.15, 0.2) is 73.1 Å². The topological polar surface area (TPSA) is 80.3 Å². The Kier molecular flexibility index (Phi) is 6.36. The second-order valence-corrected chi connectivity index (χ2v) is 6.16. The predicted octanol–water partition coefficient (Wildman–Crippen LogP) is 3.20. The average molecular weight is 375 g/mol. The van der Waals surface area contributed by atoms with Gasteiger partial charge in [0.05, 0.1) is 19.1 Å². The smallest absolute Gasteiger partial charge is 0.257 e. The quantitative estimate of drug-likeness (QED) is 0.665. The summed E-state index contributed by atoms with van der Waals surface area (Å²) in [6, 6.07) is 18.2. The van der Waals surface area contributed by atoms with Gasteiger partial charge in [-0.15, -0.1) is 0 Å². The number of nitrogens with zero attached hydrogens (tertiary/aromatic N) is 1. The van der Waals surface area contributed by atoms with Crippen molar-refractivity contribution in [3.05, 3.63) is 89.7 Å². The van der Waals surface area contributed by atoms with E-state index < -0.39 is 0 Å². The number of para-hydroxylation sites is 1. The Hall–Kier alpha value is -3.67. The first-order valence-corrected chi connectivity index (χ1v) is 8.84. The van der Waals surface area contributed by atoms with E-state index in [1.54, 1.807) is 31.5 Å². The zero-order chi connectivity index (χ0) is 19.8. The van der Waals surface area contributed by atoms with Crippen LogP contribution in [-0.4, -0.2) is 23.9 Å². The lowest BCUT2D eigenvalue weighted by Crippen LogP contribution is -2.24. The molecule has 1 heterocycles. The number of ether oxygens (including phenoxy) is 1. The first-order chi connectivity index (χ1) is 13.7. The number of carbonyl (C=O) groups excluding carboxylic acids is 2. The summed E-state index contributed by atoms with van der Waals surface area (Å²) in [6.45, 7) is 0.366. The molecule has 0 aliphatic rings. The molecular formula is C22H21N3O3. The van der Waals surface area contributed by atoms with Crippen molar-refractivity contribution >= 4 is 17.5 Å². The number of rotatable bonds is 7. The largest absolute Gasteiger partial charge is 0.496 e. The Morgan fingerprint density at radius 2 is 1.89 bits per heavy atom. The first kappa shape index (κ1) is 19.1. The van der Waals surface area contributed by atoms with Crippen LogP contribution in [0.2, 0.25) is 0 Å². The number of hydrogen-bond acceptors (Lipinski definition) is 4. The molecule has 0 aliphatic carbocycles. The number of amides is 2. The number of nitrogens with one attached hydrogen (secondary N) is 2. The molecule has 142 valence electrons. The van der Waals surface area contributed by atoms with Gasteiger partial charge in [0, 0.05) is 30.2 Å². The fourth-order valence-electron chi connectivity index (χ4n) is 2.74. The number of anilines is 1. The summed E-state index contributed by atoms with van der Waals surface area (Å²) in [4.78, 5) is 28.4. The maximum Gasteiger partial charge on any atom is 0.257 e. The summed E-state index contributed by atoms with van der Waals surface area (Å²) >= 11 is 0. The Bertz CT molecular complexity index is 958. The number of pyridine rings is 1. The molecule has 0 saturated carbocycles. The van der Waals surface area contributed by atoms with E-state index in [9.17, 15) is 9.59 Å². The van der Waals surface area contributed by atoms with Crippen molar-refractivity contribution in [2.75, 3.05) is 12.4 Å². The number of carbonyl (C=O) groups is 2. The van der Waals surface area contributed by atoms with Crippen LogP contribution in [0.1, 0.15) is 21.5 Å². The number of methoxy groups -OCH3 is 1. The summed E-state index contributed by atoms with van der Waals surface area (Å²) < 4.78 is 5.27. The van der Waals surface area contributed by atoms with E-state index in [-0.39, 0.29) is 18.2 Å². The maximum atomic E-state index is 12.3. The Morgan fingerprint density at radius 3 is 2.68 bits per heavy atom. The van der Waals surface area contributed by atoms with E-state index in [0.29, 0.717) is 23.5 Å². The SMILES string of the molecule is COc1ccccc1CC(=O)NCc1cccc(NC(=O)c2cccnc2)c1. The highest BCUT2D eigenvalue weighted by molar-refractivity contribution is 6.04. The molecule has 3 aromatic rings. The van der Waals surface area contributed by atoms with Crippen molar-refractivity contribution in [3.63, 3.8) is 0 Å². The molecule has 0 unspecified atom stereocenters. The summed E-state index contributed by atoms with van der Waals surface area (Å²) in [6.07, 6.45) is 3.36. The minimum atomic E-state index is -0.231. The second-order valence-electron chi connectivity index (χ2n) is 6.16. The minimum absolute atomic E-state index is 0.103. The molecule has 0 spiro atoms. The minimum Gasteiger partial charge on any atom is -0.496 e. The molecule has 1 aromatic heterocycles. The average Bonchev–Trinajstić information content (AvgIpc) is 2.73. The molecule has 28 heavy (non-hydrogen) atoms. The van der Waals surface area contributed by atoms with E-state index in [4.69, 9.17) is 4.74 Å². The van der Waals surface area contributed by atoms with Crippen molar-refractivity contribution in [1.29, 1.82) is 0 Å². The van der Waals surface area contributed by atoms with Gasteiger partial charge in [0.25, 0.3) is 5.91 Å². The van der Waals surface area contributed by atoms with Gasteiger partial charge in [-0.2, -0.15) is 0 Å². The van der Waals surface area contributed by atoms with Gasteiger partial charge in [0.1, 0.15) is 5.75 Å². The zero-order valence-electron chi connectivity index (χ0n) is 15.5. The summed E-state index contributed by atoms with van der Waals surface area (Å²) in [5.41, 5.74) is 2.86. The summed E-state index contributed by atoms with van der Waals surface area (Å²) in [7, 11) is 1.59. The van der Waals surface area contributed by atoms with Gasteiger partial charge >= 0.3 is 0 Å². The van der Waals surface area contributed by atoms with Crippen LogP contribution >= 0.6 is 0 Å². The second kappa shape index (κ2) is 9.32. The number of aromatic nitrogens is 1. The highest BCUT2D eigenvalue weighted by Crippen LogP contribution is 2.18. The van der Waals surface area contributed by atoms with Crippen LogP contribution in [0, 0.1) is 0 Å². The van der Waals surface area contributed by atoms with E-state index in [0.717, 1.165) is 11.1 Å². The van der Waals surface area contributed by atoms with Gasteiger partial charge in [0.15, 0.2) is 0 Å². The molecule has 0 fully saturated rings. The first-order valence-electron chi connectivity index (χ1n) is 8.84. The van der Waals surface area contributed by atoms with E-state index >= 15 is 0 Å². The Labute approximate surface area is 163 Å². The lowest BCUT2D eigenvalue weighted by atomic mass is 10.1. The van der Waals surface area contributed by atoms with Gasteiger partial charge < -0.3 is 15.4 Å². The van der Waals surface area contributed by atoms with Crippen LogP contribution in [0.3, 0.4) is 0 Å². The van der Waals surface area contributed by atoms with Crippen LogP contribution in [-0.2, 0) is 17.8 Å². The third kappa shape index (κ3) is 5.17. The third-order valence-corrected chi connectivity index (χ3v) is 4.14. The Morgan fingerprint density at radius 1 is 1.04 bits per heavy atom. The lowest BCUT2D eigenvalue weighted by molar-refractivity contribution is -0.120. The van der Waals surface area contributed by atoms with Crippen molar-refractivity contribution in [2.24, 2.45) is 0 Å². The summed E-state index contributed by atoms with van der Waals surface area (Å²) in [5, 5.41) is 5.73. The van der Waals surface area contributed by atoms with Crippen LogP contribution in [0.25, 0.3) is 0 Å². The normalized spacial score (nSPS) is 10.2. The molecule has 6 heteroatoms. The van der Waals surface area contributed by atoms with Gasteiger partial charge in [-0.1, -0.05) is 30.3 Å². The van der Waals surface area contributed by atoms with Crippen LogP contribution in [0.4, 0.5) is 5.69 Å². The third-order valence-electron chi connectivity index (χ3n) is 4.14. The Balaban J connectivity index is 1.57. The highest BCUT2D eigenvalue weighted by atomic mass is 16.5. The molecule has 3 rings (SSSR count). The van der Waals surface area contributed by atoms with Gasteiger partial charge in [-0.25, -0.2) is 0 Å². The highest BCUT2D eigenvalue weighted by Gasteiger charge is 2.09. The molecule has 6 nitrogen and oxygen atoms in total. The molecule has 2 aromatic carbocycles. The van der Waals surface area contributed by atoms with Crippen molar-refractivity contribution in [2.45, 2.75) is 13.0 Å². The van der Waals surface area contributed by atoms with Gasteiger partial charge in [-0.05, 0) is 35.9 Å². The predicted molar refractivity (Wildman–Crippen MR) is 107 cm³/mol. The van der Waals surface area contributed by atoms with Crippen LogP contribution < -0.4 is 15.4 Å². The van der Waals surface area contributed by atoms with E-state index in [1.807, 2.05) is 42.5 Å². The molecular weight excluding hydrogens is 354 g/mol. The number of hydrogen-bond donors (Lipinski definition) is 2. The maximum absolute atomic E-state index is 12.3. The van der Waals surface area contributed by atoms with Gasteiger partial charge in [-0.3, -0.25) is 14.6 Å². The van der Waals surface area contributed by atoms with Crippen molar-refractivity contribution in [3.8, 4) is 5.75 Å². The van der Waals surface area contributed by atoms with Crippen molar-refractivity contribution in [1.82, 2.24) is 10.3 Å². The fourth-order valence-corrected chi connectivity index (χ4v) is 2.74. The molecule has 0 bridgehead atoms. The molecule has 2 amide bonds. The molecule has 0 atom stereocenters. The lowest BCUT2D eigenvalue weighted by Gasteiger charge is -2.10. The molecule has 0 saturated heterocycles. The molecule has 0 radical (unpaired) electrons. The van der Waals surface area contributed by atoms with E-state index in [2.05, 4.69) is 15.6 Å². The number of benzene rings is 2. The summed E-state index contributed by atoms with van der Waals surface area (Å²) in [5.74, 6) is 0.359. The fraction of sp³-hybridized carbons (Fsp3) is 0.136. The van der Waals surface area contributed by atoms with E-state index in [1.165, 1.54) is 6.20 Å². The van der Waals surface area contributed by atoms with Crippen molar-refractivity contribution < 1.29 is 14.3 Å². The van der Waals surface area contributed by atoms with Crippen LogP contribution in [0.5, 0.6) is 5.75 Å².